The van der Waals surface area contributed by atoms with Gasteiger partial charge in [-0.05, 0) is 50.2 Å². The van der Waals surface area contributed by atoms with E-state index in [0.29, 0.717) is 24.1 Å². The van der Waals surface area contributed by atoms with Crippen LogP contribution < -0.4 is 16.4 Å². The molecule has 9 heteroatoms. The summed E-state index contributed by atoms with van der Waals surface area (Å²) in [5, 5.41) is 7.28. The Kier molecular flexibility index (Phi) is 7.03. The van der Waals surface area contributed by atoms with Crippen molar-refractivity contribution in [3.05, 3.63) is 36.2 Å². The summed E-state index contributed by atoms with van der Waals surface area (Å²) in [7, 11) is 0. The molecule has 1 saturated heterocycles. The second-order valence-corrected chi connectivity index (χ2v) is 10.6. The maximum absolute atomic E-state index is 6.14. The maximum Gasteiger partial charge on any atom is 0.227 e. The standard InChI is InChI=1S/C27H38N8O/c28-20-9-11-21(12-10-20)30-27-32-25(24-26(33-27)35(18-29-24)22-6-2-3-7-22)31-23-8-4-1-5-19(23)17-34-13-15-36-16-14-34/h1,4-5,8,18,20-22H,2-3,6-7,9-17,28H2,(H2,30,31,32,33). The van der Waals surface area contributed by atoms with Gasteiger partial charge in [0.1, 0.15) is 0 Å². The quantitative estimate of drug-likeness (QED) is 0.453. The van der Waals surface area contributed by atoms with E-state index >= 15 is 0 Å². The largest absolute Gasteiger partial charge is 0.379 e. The van der Waals surface area contributed by atoms with Crippen LogP contribution in [0.4, 0.5) is 17.5 Å². The lowest BCUT2D eigenvalue weighted by molar-refractivity contribution is 0.0343. The Labute approximate surface area is 212 Å². The second-order valence-electron chi connectivity index (χ2n) is 10.6. The molecule has 1 aromatic carbocycles. The van der Waals surface area contributed by atoms with Crippen molar-refractivity contribution in [1.82, 2.24) is 24.4 Å². The third kappa shape index (κ3) is 5.19. The summed E-state index contributed by atoms with van der Waals surface area (Å²) in [6.07, 6.45) is 11.0. The highest BCUT2D eigenvalue weighted by atomic mass is 16.5. The molecule has 3 fully saturated rings. The SMILES string of the molecule is NC1CCC(Nc2nc(Nc3ccccc3CN3CCOCC3)c3ncn(C4CCCC4)c3n2)CC1. The number of para-hydroxylation sites is 1. The Morgan fingerprint density at radius 2 is 1.75 bits per heavy atom. The van der Waals surface area contributed by atoms with Crippen molar-refractivity contribution in [2.24, 2.45) is 5.73 Å². The summed E-state index contributed by atoms with van der Waals surface area (Å²) >= 11 is 0. The van der Waals surface area contributed by atoms with Crippen LogP contribution in [-0.2, 0) is 11.3 Å². The van der Waals surface area contributed by atoms with Crippen molar-refractivity contribution in [2.45, 2.75) is 76.0 Å². The van der Waals surface area contributed by atoms with Crippen LogP contribution in [0.5, 0.6) is 0 Å². The van der Waals surface area contributed by atoms with Gasteiger partial charge < -0.3 is 25.7 Å². The van der Waals surface area contributed by atoms with Gasteiger partial charge in [0, 0.05) is 43.4 Å². The zero-order valence-electron chi connectivity index (χ0n) is 21.0. The van der Waals surface area contributed by atoms with Gasteiger partial charge in [-0.15, -0.1) is 0 Å². The molecule has 2 aromatic heterocycles. The number of rotatable bonds is 7. The fraction of sp³-hybridized carbons (Fsp3) is 0.593. The molecule has 0 unspecified atom stereocenters. The molecule has 1 aliphatic heterocycles. The van der Waals surface area contributed by atoms with E-state index in [1.165, 1.54) is 31.2 Å². The summed E-state index contributed by atoms with van der Waals surface area (Å²) in [5.74, 6) is 1.44. The second kappa shape index (κ2) is 10.7. The molecule has 2 saturated carbocycles. The highest BCUT2D eigenvalue weighted by molar-refractivity contribution is 5.87. The van der Waals surface area contributed by atoms with Gasteiger partial charge in [0.05, 0.1) is 19.5 Å². The first kappa shape index (κ1) is 23.6. The molecule has 36 heavy (non-hydrogen) atoms. The van der Waals surface area contributed by atoms with Crippen molar-refractivity contribution in [2.75, 3.05) is 36.9 Å². The average Bonchev–Trinajstić information content (AvgIpc) is 3.57. The molecule has 3 aliphatic rings. The zero-order valence-corrected chi connectivity index (χ0v) is 21.0. The highest BCUT2D eigenvalue weighted by Crippen LogP contribution is 2.34. The lowest BCUT2D eigenvalue weighted by atomic mass is 9.92. The normalized spacial score (nSPS) is 23.8. The van der Waals surface area contributed by atoms with Crippen molar-refractivity contribution < 1.29 is 4.74 Å². The molecule has 0 atom stereocenters. The van der Waals surface area contributed by atoms with Gasteiger partial charge in [-0.2, -0.15) is 9.97 Å². The number of nitrogens with two attached hydrogens (primary N) is 1. The van der Waals surface area contributed by atoms with E-state index in [-0.39, 0.29) is 0 Å². The number of fused-ring (bicyclic) bond motifs is 1. The Morgan fingerprint density at radius 3 is 2.56 bits per heavy atom. The summed E-state index contributed by atoms with van der Waals surface area (Å²) in [6.45, 7) is 4.38. The van der Waals surface area contributed by atoms with Gasteiger partial charge in [-0.3, -0.25) is 4.90 Å². The monoisotopic (exact) mass is 490 g/mol. The molecule has 4 N–H and O–H groups in total. The predicted molar refractivity (Wildman–Crippen MR) is 143 cm³/mol. The number of ether oxygens (including phenoxy) is 1. The average molecular weight is 491 g/mol. The van der Waals surface area contributed by atoms with E-state index in [0.717, 1.165) is 81.2 Å². The predicted octanol–water partition coefficient (Wildman–Crippen LogP) is 4.20. The van der Waals surface area contributed by atoms with Crippen molar-refractivity contribution in [1.29, 1.82) is 0 Å². The first-order chi connectivity index (χ1) is 17.7. The van der Waals surface area contributed by atoms with Crippen LogP contribution >= 0.6 is 0 Å². The molecule has 3 heterocycles. The van der Waals surface area contributed by atoms with Crippen LogP contribution in [0, 0.1) is 0 Å². The van der Waals surface area contributed by atoms with E-state index in [1.807, 2.05) is 6.33 Å². The van der Waals surface area contributed by atoms with Crippen LogP contribution in [0.3, 0.4) is 0 Å². The van der Waals surface area contributed by atoms with Gasteiger partial charge in [0.25, 0.3) is 0 Å². The Morgan fingerprint density at radius 1 is 0.972 bits per heavy atom. The molecule has 6 rings (SSSR count). The Balaban J connectivity index is 1.32. The third-order valence-electron chi connectivity index (χ3n) is 8.01. The third-order valence-corrected chi connectivity index (χ3v) is 8.01. The van der Waals surface area contributed by atoms with E-state index in [1.54, 1.807) is 0 Å². The number of nitrogens with zero attached hydrogens (tertiary/aromatic N) is 5. The molecule has 0 spiro atoms. The van der Waals surface area contributed by atoms with Gasteiger partial charge in [-0.1, -0.05) is 31.0 Å². The van der Waals surface area contributed by atoms with E-state index in [4.69, 9.17) is 25.4 Å². The molecule has 0 radical (unpaired) electrons. The molecule has 3 aromatic rings. The van der Waals surface area contributed by atoms with Gasteiger partial charge in [0.2, 0.25) is 5.95 Å². The van der Waals surface area contributed by atoms with Crippen molar-refractivity contribution in [3.63, 3.8) is 0 Å². The molecule has 0 bridgehead atoms. The van der Waals surface area contributed by atoms with E-state index < -0.39 is 0 Å². The number of nitrogens with one attached hydrogen (secondary N) is 2. The topological polar surface area (TPSA) is 106 Å². The summed E-state index contributed by atoms with van der Waals surface area (Å²) in [6, 6.07) is 9.64. The minimum absolute atomic E-state index is 0.315. The van der Waals surface area contributed by atoms with Crippen LogP contribution in [0.25, 0.3) is 11.2 Å². The molecular formula is C27H38N8O. The van der Waals surface area contributed by atoms with Crippen LogP contribution in [0.15, 0.2) is 30.6 Å². The lowest BCUT2D eigenvalue weighted by Crippen LogP contribution is -2.35. The van der Waals surface area contributed by atoms with E-state index in [9.17, 15) is 0 Å². The summed E-state index contributed by atoms with van der Waals surface area (Å²) in [5.41, 5.74) is 10.2. The molecule has 192 valence electrons. The highest BCUT2D eigenvalue weighted by Gasteiger charge is 2.24. The summed E-state index contributed by atoms with van der Waals surface area (Å²) in [4.78, 5) is 17.2. The van der Waals surface area contributed by atoms with Crippen LogP contribution in [0.2, 0.25) is 0 Å². The molecular weight excluding hydrogens is 452 g/mol. The molecule has 2 aliphatic carbocycles. The zero-order chi connectivity index (χ0) is 24.3. The van der Waals surface area contributed by atoms with Gasteiger partial charge in [0.15, 0.2) is 17.0 Å². The lowest BCUT2D eigenvalue weighted by Gasteiger charge is -2.27. The number of hydrogen-bond acceptors (Lipinski definition) is 8. The molecule has 0 amide bonds. The number of anilines is 3. The first-order valence-corrected chi connectivity index (χ1v) is 13.6. The fourth-order valence-corrected chi connectivity index (χ4v) is 5.87. The minimum Gasteiger partial charge on any atom is -0.379 e. The number of morpholine rings is 1. The van der Waals surface area contributed by atoms with Crippen molar-refractivity contribution >= 4 is 28.6 Å². The van der Waals surface area contributed by atoms with Crippen LogP contribution in [0.1, 0.15) is 63.0 Å². The number of hydrogen-bond donors (Lipinski definition) is 3. The Hall–Kier alpha value is -2.75. The van der Waals surface area contributed by atoms with E-state index in [2.05, 4.69) is 44.4 Å². The number of aromatic nitrogens is 4. The van der Waals surface area contributed by atoms with Crippen LogP contribution in [-0.4, -0.2) is 62.8 Å². The first-order valence-electron chi connectivity index (χ1n) is 13.6. The summed E-state index contributed by atoms with van der Waals surface area (Å²) < 4.78 is 7.81. The van der Waals surface area contributed by atoms with Gasteiger partial charge in [-0.25, -0.2) is 4.98 Å². The fourth-order valence-electron chi connectivity index (χ4n) is 5.87. The Bertz CT molecular complexity index is 1160. The number of benzene rings is 1. The van der Waals surface area contributed by atoms with Crippen molar-refractivity contribution in [3.8, 4) is 0 Å². The number of imidazole rings is 1. The maximum atomic E-state index is 6.14. The smallest absolute Gasteiger partial charge is 0.227 e. The molecule has 9 nitrogen and oxygen atoms in total. The minimum atomic E-state index is 0.315. The van der Waals surface area contributed by atoms with Gasteiger partial charge >= 0.3 is 0 Å².